The Morgan fingerprint density at radius 1 is 1.06 bits per heavy atom. The monoisotopic (exact) mass is 273 g/mol. The molecule has 0 atom stereocenters. The van der Waals surface area contributed by atoms with Crippen LogP contribution >= 0.6 is 22.9 Å². The van der Waals surface area contributed by atoms with Crippen molar-refractivity contribution in [2.75, 3.05) is 5.32 Å². The highest BCUT2D eigenvalue weighted by atomic mass is 32.1. The van der Waals surface area contributed by atoms with Crippen molar-refractivity contribution < 1.29 is 0 Å². The normalized spacial score (nSPS) is 10.4. The second-order valence-corrected chi connectivity index (χ2v) is 5.24. The second-order valence-electron chi connectivity index (χ2n) is 3.85. The van der Waals surface area contributed by atoms with Crippen LogP contribution in [0, 0.1) is 0 Å². The second kappa shape index (κ2) is 5.29. The summed E-state index contributed by atoms with van der Waals surface area (Å²) in [5.41, 5.74) is 4.47. The number of anilines is 1. The van der Waals surface area contributed by atoms with Gasteiger partial charge in [-0.2, -0.15) is 11.3 Å². The van der Waals surface area contributed by atoms with Crippen molar-refractivity contribution in [2.24, 2.45) is 0 Å². The van der Waals surface area contributed by atoms with Gasteiger partial charge < -0.3 is 5.32 Å². The Balaban J connectivity index is 1.68. The van der Waals surface area contributed by atoms with E-state index >= 15 is 0 Å². The SMILES string of the molecule is c1cc(CNc2ccc(-c3csnn3)cc2)cs1. The summed E-state index contributed by atoms with van der Waals surface area (Å²) in [6.07, 6.45) is 0. The van der Waals surface area contributed by atoms with Crippen LogP contribution in [-0.2, 0) is 6.54 Å². The van der Waals surface area contributed by atoms with Gasteiger partial charge in [-0.1, -0.05) is 16.6 Å². The van der Waals surface area contributed by atoms with Crippen LogP contribution in [0.4, 0.5) is 5.69 Å². The minimum atomic E-state index is 0.862. The lowest BCUT2D eigenvalue weighted by Crippen LogP contribution is -1.97. The molecule has 2 aromatic heterocycles. The topological polar surface area (TPSA) is 37.8 Å². The van der Waals surface area contributed by atoms with E-state index in [9.17, 15) is 0 Å². The molecule has 0 amide bonds. The molecule has 0 saturated heterocycles. The van der Waals surface area contributed by atoms with E-state index in [4.69, 9.17) is 0 Å². The van der Waals surface area contributed by atoms with Gasteiger partial charge in [-0.3, -0.25) is 0 Å². The highest BCUT2D eigenvalue weighted by molar-refractivity contribution is 7.08. The van der Waals surface area contributed by atoms with E-state index in [-0.39, 0.29) is 0 Å². The summed E-state index contributed by atoms with van der Waals surface area (Å²) < 4.78 is 3.87. The average Bonchev–Trinajstić information content (AvgIpc) is 3.10. The molecule has 1 aromatic carbocycles. The van der Waals surface area contributed by atoms with Crippen LogP contribution < -0.4 is 5.32 Å². The van der Waals surface area contributed by atoms with Gasteiger partial charge >= 0.3 is 0 Å². The lowest BCUT2D eigenvalue weighted by atomic mass is 10.1. The summed E-state index contributed by atoms with van der Waals surface area (Å²) in [5, 5.41) is 13.6. The molecule has 5 heteroatoms. The Hall–Kier alpha value is -1.72. The quantitative estimate of drug-likeness (QED) is 0.784. The molecule has 2 heterocycles. The molecule has 0 unspecified atom stereocenters. The Morgan fingerprint density at radius 2 is 1.94 bits per heavy atom. The van der Waals surface area contributed by atoms with Crippen LogP contribution in [0.5, 0.6) is 0 Å². The van der Waals surface area contributed by atoms with E-state index in [1.807, 2.05) is 5.38 Å². The van der Waals surface area contributed by atoms with E-state index in [1.165, 1.54) is 17.1 Å². The number of nitrogens with zero attached hydrogens (tertiary/aromatic N) is 2. The van der Waals surface area contributed by atoms with E-state index in [0.29, 0.717) is 0 Å². The molecule has 0 aliphatic carbocycles. The highest BCUT2D eigenvalue weighted by Gasteiger charge is 2.00. The predicted octanol–water partition coefficient (Wildman–Crippen LogP) is 3.88. The molecule has 3 nitrogen and oxygen atoms in total. The maximum Gasteiger partial charge on any atom is 0.105 e. The first-order valence-corrected chi connectivity index (χ1v) is 7.32. The van der Waals surface area contributed by atoms with Gasteiger partial charge in [-0.15, -0.1) is 5.10 Å². The Bertz CT molecular complexity index is 586. The first-order valence-electron chi connectivity index (χ1n) is 5.54. The van der Waals surface area contributed by atoms with Crippen LogP contribution in [0.1, 0.15) is 5.56 Å². The van der Waals surface area contributed by atoms with Crippen LogP contribution in [0.3, 0.4) is 0 Å². The van der Waals surface area contributed by atoms with E-state index in [0.717, 1.165) is 23.5 Å². The number of aromatic nitrogens is 2. The van der Waals surface area contributed by atoms with E-state index in [1.54, 1.807) is 11.3 Å². The molecule has 3 aromatic rings. The fraction of sp³-hybridized carbons (Fsp3) is 0.0769. The molecule has 0 saturated carbocycles. The van der Waals surface area contributed by atoms with Gasteiger partial charge in [-0.25, -0.2) is 0 Å². The lowest BCUT2D eigenvalue weighted by Gasteiger charge is -2.05. The third kappa shape index (κ3) is 2.57. The zero-order chi connectivity index (χ0) is 12.2. The maximum absolute atomic E-state index is 4.05. The summed E-state index contributed by atoms with van der Waals surface area (Å²) >= 11 is 3.09. The van der Waals surface area contributed by atoms with Gasteiger partial charge in [0.05, 0.1) is 0 Å². The number of nitrogens with one attached hydrogen (secondary N) is 1. The molecular formula is C13H11N3S2. The summed E-state index contributed by atoms with van der Waals surface area (Å²) in [7, 11) is 0. The van der Waals surface area contributed by atoms with Gasteiger partial charge in [0, 0.05) is 23.2 Å². The van der Waals surface area contributed by atoms with Gasteiger partial charge in [-0.05, 0) is 46.1 Å². The molecule has 3 rings (SSSR count). The molecule has 18 heavy (non-hydrogen) atoms. The third-order valence-corrected chi connectivity index (χ3v) is 3.85. The van der Waals surface area contributed by atoms with Crippen molar-refractivity contribution in [3.05, 3.63) is 52.0 Å². The van der Waals surface area contributed by atoms with Crippen molar-refractivity contribution in [2.45, 2.75) is 6.54 Å². The number of thiophene rings is 1. The molecule has 0 aliphatic rings. The zero-order valence-electron chi connectivity index (χ0n) is 9.54. The lowest BCUT2D eigenvalue weighted by molar-refractivity contribution is 1.15. The van der Waals surface area contributed by atoms with Crippen molar-refractivity contribution in [3.63, 3.8) is 0 Å². The summed E-state index contributed by atoms with van der Waals surface area (Å²) in [6, 6.07) is 10.4. The van der Waals surface area contributed by atoms with Crippen molar-refractivity contribution in [1.29, 1.82) is 0 Å². The van der Waals surface area contributed by atoms with Crippen LogP contribution in [0.2, 0.25) is 0 Å². The smallest absolute Gasteiger partial charge is 0.105 e. The minimum Gasteiger partial charge on any atom is -0.381 e. The minimum absolute atomic E-state index is 0.862. The summed E-state index contributed by atoms with van der Waals surface area (Å²) in [6.45, 7) is 0.862. The molecule has 90 valence electrons. The summed E-state index contributed by atoms with van der Waals surface area (Å²) in [5.74, 6) is 0. The Kier molecular flexibility index (Phi) is 3.34. The molecule has 0 bridgehead atoms. The third-order valence-electron chi connectivity index (χ3n) is 2.62. The van der Waals surface area contributed by atoms with Gasteiger partial charge in [0.2, 0.25) is 0 Å². The fourth-order valence-corrected chi connectivity index (χ4v) is 2.78. The van der Waals surface area contributed by atoms with Gasteiger partial charge in [0.25, 0.3) is 0 Å². The van der Waals surface area contributed by atoms with E-state index in [2.05, 4.69) is 56.0 Å². The van der Waals surface area contributed by atoms with E-state index < -0.39 is 0 Å². The number of benzene rings is 1. The molecule has 0 spiro atoms. The Labute approximate surface area is 113 Å². The Morgan fingerprint density at radius 3 is 2.61 bits per heavy atom. The molecular weight excluding hydrogens is 262 g/mol. The average molecular weight is 273 g/mol. The van der Waals surface area contributed by atoms with Gasteiger partial charge in [0.1, 0.15) is 5.69 Å². The molecule has 0 aliphatic heterocycles. The molecule has 0 fully saturated rings. The predicted molar refractivity (Wildman–Crippen MR) is 77.0 cm³/mol. The van der Waals surface area contributed by atoms with Crippen LogP contribution in [0.15, 0.2) is 46.5 Å². The standard InChI is InChI=1S/C13H11N3S2/c1-3-12(14-7-10-5-6-17-8-10)4-2-11(1)13-9-18-16-15-13/h1-6,8-9,14H,7H2. The number of rotatable bonds is 4. The highest BCUT2D eigenvalue weighted by Crippen LogP contribution is 2.20. The van der Waals surface area contributed by atoms with Crippen molar-refractivity contribution in [3.8, 4) is 11.3 Å². The first-order chi connectivity index (χ1) is 8.92. The van der Waals surface area contributed by atoms with Crippen molar-refractivity contribution in [1.82, 2.24) is 9.59 Å². The molecule has 1 N–H and O–H groups in total. The largest absolute Gasteiger partial charge is 0.381 e. The fourth-order valence-electron chi connectivity index (χ4n) is 1.65. The van der Waals surface area contributed by atoms with Crippen molar-refractivity contribution >= 4 is 28.6 Å². The van der Waals surface area contributed by atoms with Gasteiger partial charge in [0.15, 0.2) is 0 Å². The maximum atomic E-state index is 4.05. The zero-order valence-corrected chi connectivity index (χ0v) is 11.2. The molecule has 0 radical (unpaired) electrons. The number of hydrogen-bond donors (Lipinski definition) is 1. The first kappa shape index (κ1) is 11.4. The summed E-state index contributed by atoms with van der Waals surface area (Å²) in [4.78, 5) is 0. The van der Waals surface area contributed by atoms with Crippen LogP contribution in [0.25, 0.3) is 11.3 Å². The van der Waals surface area contributed by atoms with Crippen LogP contribution in [-0.4, -0.2) is 9.59 Å². The number of hydrogen-bond acceptors (Lipinski definition) is 5.